The van der Waals surface area contributed by atoms with E-state index in [4.69, 9.17) is 18.9 Å². The van der Waals surface area contributed by atoms with Crippen molar-refractivity contribution >= 4 is 11.5 Å². The van der Waals surface area contributed by atoms with E-state index < -0.39 is 0 Å². The predicted molar refractivity (Wildman–Crippen MR) is 92.7 cm³/mol. The normalized spacial score (nSPS) is 11.5. The highest BCUT2D eigenvalue weighted by molar-refractivity contribution is 7.04. The predicted octanol–water partition coefficient (Wildman–Crippen LogP) is 4.61. The molecule has 0 spiro atoms. The fourth-order valence-electron chi connectivity index (χ4n) is 2.81. The van der Waals surface area contributed by atoms with Crippen molar-refractivity contribution in [2.24, 2.45) is 0 Å². The first kappa shape index (κ1) is 14.8. The van der Waals surface area contributed by atoms with E-state index in [1.165, 1.54) is 11.5 Å². The molecule has 122 valence electrons. The van der Waals surface area contributed by atoms with Gasteiger partial charge in [0.2, 0.25) is 0 Å². The third-order valence-corrected chi connectivity index (χ3v) is 4.64. The van der Waals surface area contributed by atoms with Gasteiger partial charge < -0.3 is 18.9 Å². The Balaban J connectivity index is 2.00. The molecule has 0 N–H and O–H groups in total. The molecule has 3 aromatic rings. The fraction of sp³-hybridized carbons (Fsp3) is 0.167. The maximum atomic E-state index is 6.18. The summed E-state index contributed by atoms with van der Waals surface area (Å²) in [6.07, 6.45) is 0. The summed E-state index contributed by atoms with van der Waals surface area (Å²) in [5, 5.41) is 2.02. The summed E-state index contributed by atoms with van der Waals surface area (Å²) in [6, 6.07) is 9.51. The molecule has 2 aromatic carbocycles. The third kappa shape index (κ3) is 2.18. The van der Waals surface area contributed by atoms with E-state index in [9.17, 15) is 0 Å². The van der Waals surface area contributed by atoms with E-state index in [0.717, 1.165) is 33.9 Å². The Kier molecular flexibility index (Phi) is 3.54. The van der Waals surface area contributed by atoms with Crippen LogP contribution in [0.1, 0.15) is 0 Å². The molecule has 6 heteroatoms. The summed E-state index contributed by atoms with van der Waals surface area (Å²) >= 11 is 1.42. The molecule has 0 aliphatic carbocycles. The van der Waals surface area contributed by atoms with Gasteiger partial charge >= 0.3 is 0 Å². The minimum atomic E-state index is 0.611. The molecule has 0 fully saturated rings. The van der Waals surface area contributed by atoms with Crippen LogP contribution in [0.4, 0.5) is 0 Å². The molecule has 0 radical (unpaired) electrons. The average molecular weight is 341 g/mol. The number of methoxy groups -OCH3 is 3. The first-order valence-corrected chi connectivity index (χ1v) is 8.16. The number of fused-ring (bicyclic) bond motifs is 5. The average Bonchev–Trinajstić information content (AvgIpc) is 3.06. The number of aromatic nitrogens is 1. The molecule has 0 saturated carbocycles. The van der Waals surface area contributed by atoms with Gasteiger partial charge in [0, 0.05) is 34.2 Å². The van der Waals surface area contributed by atoms with Crippen LogP contribution in [0.25, 0.3) is 22.4 Å². The lowest BCUT2D eigenvalue weighted by Gasteiger charge is -2.13. The minimum absolute atomic E-state index is 0.611. The van der Waals surface area contributed by atoms with E-state index >= 15 is 0 Å². The lowest BCUT2D eigenvalue weighted by molar-refractivity contribution is 0.352. The molecule has 24 heavy (non-hydrogen) atoms. The highest BCUT2D eigenvalue weighted by Gasteiger charge is 2.25. The van der Waals surface area contributed by atoms with Crippen molar-refractivity contribution in [3.63, 3.8) is 0 Å². The van der Waals surface area contributed by atoms with Crippen LogP contribution in [0.2, 0.25) is 0 Å². The van der Waals surface area contributed by atoms with Crippen LogP contribution in [0.5, 0.6) is 28.7 Å². The maximum absolute atomic E-state index is 6.18. The van der Waals surface area contributed by atoms with E-state index in [1.807, 2.05) is 35.7 Å². The van der Waals surface area contributed by atoms with Gasteiger partial charge in [-0.3, -0.25) is 0 Å². The molecule has 0 atom stereocenters. The van der Waals surface area contributed by atoms with Gasteiger partial charge in [-0.1, -0.05) is 0 Å². The van der Waals surface area contributed by atoms with Gasteiger partial charge in [-0.15, -0.1) is 0 Å². The van der Waals surface area contributed by atoms with Crippen LogP contribution < -0.4 is 18.9 Å². The Morgan fingerprint density at radius 1 is 0.833 bits per heavy atom. The van der Waals surface area contributed by atoms with Crippen molar-refractivity contribution in [1.29, 1.82) is 0 Å². The number of benzene rings is 2. The SMILES string of the molecule is COc1ccc2c(c1)Oc1cc(OC)c(OC)cc1-c1nscc1-2. The molecule has 2 heterocycles. The molecule has 1 aliphatic rings. The number of rotatable bonds is 3. The Labute approximate surface area is 143 Å². The van der Waals surface area contributed by atoms with Gasteiger partial charge in [0.25, 0.3) is 0 Å². The lowest BCUT2D eigenvalue weighted by atomic mass is 10.0. The smallest absolute Gasteiger partial charge is 0.164 e. The number of hydrogen-bond acceptors (Lipinski definition) is 6. The Bertz CT molecular complexity index is 919. The monoisotopic (exact) mass is 341 g/mol. The van der Waals surface area contributed by atoms with E-state index in [-0.39, 0.29) is 0 Å². The minimum Gasteiger partial charge on any atom is -0.497 e. The summed E-state index contributed by atoms with van der Waals surface area (Å²) in [5.41, 5.74) is 3.76. The molecule has 1 aliphatic heterocycles. The summed E-state index contributed by atoms with van der Waals surface area (Å²) in [4.78, 5) is 0. The Hall–Kier alpha value is -2.73. The van der Waals surface area contributed by atoms with Crippen molar-refractivity contribution in [3.8, 4) is 51.1 Å². The van der Waals surface area contributed by atoms with Crippen molar-refractivity contribution < 1.29 is 18.9 Å². The van der Waals surface area contributed by atoms with Gasteiger partial charge in [-0.2, -0.15) is 4.37 Å². The van der Waals surface area contributed by atoms with Gasteiger partial charge in [0.1, 0.15) is 17.2 Å². The first-order chi connectivity index (χ1) is 11.7. The number of hydrogen-bond donors (Lipinski definition) is 0. The molecule has 1 aromatic heterocycles. The zero-order valence-corrected chi connectivity index (χ0v) is 14.3. The van der Waals surface area contributed by atoms with Crippen molar-refractivity contribution in [3.05, 3.63) is 35.7 Å². The maximum Gasteiger partial charge on any atom is 0.164 e. The molecule has 4 rings (SSSR count). The lowest BCUT2D eigenvalue weighted by Crippen LogP contribution is -1.94. The Morgan fingerprint density at radius 3 is 2.33 bits per heavy atom. The molecular formula is C18H15NO4S. The zero-order chi connectivity index (χ0) is 16.7. The summed E-state index contributed by atoms with van der Waals surface area (Å²) in [6.45, 7) is 0. The molecule has 0 bridgehead atoms. The summed E-state index contributed by atoms with van der Waals surface area (Å²) < 4.78 is 26.9. The van der Waals surface area contributed by atoms with Crippen molar-refractivity contribution in [2.45, 2.75) is 0 Å². The third-order valence-electron chi connectivity index (χ3n) is 4.01. The second kappa shape index (κ2) is 5.72. The Morgan fingerprint density at radius 2 is 1.58 bits per heavy atom. The largest absolute Gasteiger partial charge is 0.497 e. The zero-order valence-electron chi connectivity index (χ0n) is 13.5. The van der Waals surface area contributed by atoms with Crippen LogP contribution in [0, 0.1) is 0 Å². The second-order valence-electron chi connectivity index (χ2n) is 5.24. The second-order valence-corrected chi connectivity index (χ2v) is 5.87. The number of ether oxygens (including phenoxy) is 4. The molecule has 0 saturated heterocycles. The van der Waals surface area contributed by atoms with Crippen LogP contribution in [0.3, 0.4) is 0 Å². The van der Waals surface area contributed by atoms with Crippen LogP contribution >= 0.6 is 11.5 Å². The molecule has 0 unspecified atom stereocenters. The van der Waals surface area contributed by atoms with Crippen molar-refractivity contribution in [1.82, 2.24) is 4.37 Å². The standard InChI is InChI=1S/C18H15NO4S/c1-20-10-4-5-11-13-9-24-19-18(13)12-7-16(21-2)17(22-3)8-15(12)23-14(11)6-10/h4-9H,1-3H3. The highest BCUT2D eigenvalue weighted by atomic mass is 32.1. The first-order valence-electron chi connectivity index (χ1n) is 7.32. The summed E-state index contributed by atoms with van der Waals surface area (Å²) in [5.74, 6) is 3.39. The van der Waals surface area contributed by atoms with Gasteiger partial charge in [0.05, 0.1) is 27.0 Å². The summed E-state index contributed by atoms with van der Waals surface area (Å²) in [7, 11) is 4.85. The fourth-order valence-corrected chi connectivity index (χ4v) is 3.51. The molecule has 5 nitrogen and oxygen atoms in total. The molecule has 0 amide bonds. The topological polar surface area (TPSA) is 49.8 Å². The quantitative estimate of drug-likeness (QED) is 0.545. The van der Waals surface area contributed by atoms with E-state index in [2.05, 4.69) is 4.37 Å². The van der Waals surface area contributed by atoms with Crippen LogP contribution in [-0.4, -0.2) is 25.7 Å². The van der Waals surface area contributed by atoms with Gasteiger partial charge in [-0.05, 0) is 29.7 Å². The van der Waals surface area contributed by atoms with Crippen LogP contribution in [-0.2, 0) is 0 Å². The number of nitrogens with zero attached hydrogens (tertiary/aromatic N) is 1. The molecular weight excluding hydrogens is 326 g/mol. The van der Waals surface area contributed by atoms with E-state index in [0.29, 0.717) is 17.2 Å². The van der Waals surface area contributed by atoms with Gasteiger partial charge in [0.15, 0.2) is 11.5 Å². The van der Waals surface area contributed by atoms with Crippen molar-refractivity contribution in [2.75, 3.05) is 21.3 Å². The van der Waals surface area contributed by atoms with Gasteiger partial charge in [-0.25, -0.2) is 0 Å². The van der Waals surface area contributed by atoms with E-state index in [1.54, 1.807) is 21.3 Å². The highest BCUT2D eigenvalue weighted by Crippen LogP contribution is 2.50. The van der Waals surface area contributed by atoms with Crippen LogP contribution in [0.15, 0.2) is 35.7 Å².